The van der Waals surface area contributed by atoms with E-state index >= 15 is 17.6 Å². The van der Waals surface area contributed by atoms with E-state index in [1.54, 1.807) is 6.08 Å². The summed E-state index contributed by atoms with van der Waals surface area (Å²) in [5, 5.41) is 0. The summed E-state index contributed by atoms with van der Waals surface area (Å²) in [7, 11) is 0. The number of hydrogen-bond donors (Lipinski definition) is 0. The average Bonchev–Trinajstić information content (AvgIpc) is 1.54. The summed E-state index contributed by atoms with van der Waals surface area (Å²) >= 11 is 0. The topological polar surface area (TPSA) is 34.2 Å². The van der Waals surface area contributed by atoms with Gasteiger partial charge in [-0.1, -0.05) is 260 Å². The summed E-state index contributed by atoms with van der Waals surface area (Å²) in [4.78, 5) is 3.85. The molecule has 0 aromatic heterocycles. The Morgan fingerprint density at radius 2 is 1.26 bits per heavy atom. The molecule has 5 nitrogen and oxygen atoms in total. The minimum Gasteiger partial charge on any atom is -0.494 e. The van der Waals surface area contributed by atoms with Crippen LogP contribution in [-0.4, -0.2) is 34.4 Å². The molecular weight excluding hydrogens is 1660 g/mol. The van der Waals surface area contributed by atoms with Crippen LogP contribution in [0, 0.1) is 76.3 Å². The van der Waals surface area contributed by atoms with Crippen molar-refractivity contribution < 1.29 is 40.6 Å². The molecule has 3 aromatic rings. The normalized spacial score (nSPS) is 33.0. The number of hydrogen-bond acceptors (Lipinski definition) is 5. The second kappa shape index (κ2) is 35.8. The Hall–Kier alpha value is -11.3. The minimum atomic E-state index is -1.66. The number of alkyl halides is 2. The Bertz CT molecular complexity index is 6170. The molecule has 0 spiro atoms. The standard InChI is InChI=1S/C122H124F6N2O3/c1-9-75-19-55-95(56-20-75)131-97-59-41-87(42-60-97)121(85-37-33-83(34-38-85)119(3,4)5)107-17-13-11-15-99(107)101-63-31-81(67-109(101)121)77-27-49-91(50-28-77)129(115-73-111(125)103(71-113(115)127)79-23-45-89(123)46-24-79)93-53-65-117-105(69-93)106-70-94(54-66-118(106)133-117)130(116-74-112(126)104(72-114(116)128)80-25-47-90(124)48-26-80)92-51-29-78(30-52-92)82-32-64-102-100-16-12-14-18-108(100)122(110(102)68-82,86-39-35-84(36-40-86)120(6,7)8)88-43-61-98(62-44-88)132-96-57-21-76(10-2)22-58-96/h9-19,21,23-25,27,29,31-35,37-39,41,43,45-47,49-52,54-55,57,61-64,66,69-71,73-74,77-78,81-82,88,97,99,101-103,106-107,109-111,114,118H,1-2,20,22,26,28,30,36,40,42,44,48,53,56,58-60,65,67-68,72H2,3-8H3. The minimum absolute atomic E-state index is 0.0232. The lowest BCUT2D eigenvalue weighted by atomic mass is 9.54. The van der Waals surface area contributed by atoms with Crippen LogP contribution in [0.25, 0.3) is 0 Å². The summed E-state index contributed by atoms with van der Waals surface area (Å²) in [5.74, 6) is 2.62. The molecule has 17 aliphatic carbocycles. The third kappa shape index (κ3) is 16.3. The highest BCUT2D eigenvalue weighted by atomic mass is 19.2. The Balaban J connectivity index is 0.597. The molecule has 11 heteroatoms. The molecule has 21 rings (SSSR count). The molecule has 3 aromatic carbocycles. The maximum Gasteiger partial charge on any atom is 0.145 e. The van der Waals surface area contributed by atoms with Crippen molar-refractivity contribution in [1.82, 2.24) is 9.80 Å². The molecule has 0 radical (unpaired) electrons. The molecule has 1 saturated carbocycles. The van der Waals surface area contributed by atoms with Crippen molar-refractivity contribution in [3.05, 3.63) is 452 Å². The molecule has 19 unspecified atom stereocenters. The van der Waals surface area contributed by atoms with Gasteiger partial charge in [-0.2, -0.15) is 0 Å². The number of ether oxygens (including phenoxy) is 3. The first kappa shape index (κ1) is 88.3. The van der Waals surface area contributed by atoms with Gasteiger partial charge in [-0.05, 0) is 301 Å². The zero-order valence-corrected chi connectivity index (χ0v) is 77.7. The molecular formula is C122H124F6N2O3. The number of rotatable bonds is 20. The van der Waals surface area contributed by atoms with Crippen molar-refractivity contribution in [3.63, 3.8) is 0 Å². The Labute approximate surface area is 783 Å². The van der Waals surface area contributed by atoms with Crippen LogP contribution in [-0.2, 0) is 30.5 Å². The number of nitrogens with zero attached hydrogens (tertiary/aromatic N) is 2. The highest BCUT2D eigenvalue weighted by Crippen LogP contribution is 2.68. The monoisotopic (exact) mass is 1780 g/mol. The zero-order valence-electron chi connectivity index (χ0n) is 77.7. The van der Waals surface area contributed by atoms with Crippen molar-refractivity contribution in [2.24, 2.45) is 70.5 Å². The quantitative estimate of drug-likeness (QED) is 0.0832. The molecule has 19 atom stereocenters. The van der Waals surface area contributed by atoms with Gasteiger partial charge in [0.15, 0.2) is 0 Å². The van der Waals surface area contributed by atoms with Gasteiger partial charge < -0.3 is 24.0 Å². The first-order valence-corrected chi connectivity index (χ1v) is 49.4. The van der Waals surface area contributed by atoms with Crippen molar-refractivity contribution >= 4 is 0 Å². The average molecular weight is 1780 g/mol. The largest absolute Gasteiger partial charge is 0.494 e. The number of fused-ring (bicyclic) bond motifs is 8. The Kier molecular flexibility index (Phi) is 23.8. The van der Waals surface area contributed by atoms with Crippen molar-refractivity contribution in [2.45, 2.75) is 216 Å². The maximum atomic E-state index is 18.1. The Morgan fingerprint density at radius 1 is 0.526 bits per heavy atom. The van der Waals surface area contributed by atoms with E-state index in [0.717, 1.165) is 123 Å². The van der Waals surface area contributed by atoms with Gasteiger partial charge in [0, 0.05) is 95.5 Å². The van der Waals surface area contributed by atoms with Gasteiger partial charge in [0.1, 0.15) is 65.1 Å². The number of benzene rings is 3. The van der Waals surface area contributed by atoms with Crippen LogP contribution in [0.15, 0.2) is 418 Å². The highest BCUT2D eigenvalue weighted by Gasteiger charge is 2.63. The number of allylic oxidation sites excluding steroid dienone is 47. The van der Waals surface area contributed by atoms with E-state index in [0.29, 0.717) is 54.4 Å². The van der Waals surface area contributed by atoms with E-state index in [1.165, 1.54) is 98.7 Å². The summed E-state index contributed by atoms with van der Waals surface area (Å²) in [6.07, 6.45) is 84.9. The van der Waals surface area contributed by atoms with E-state index < -0.39 is 47.8 Å². The van der Waals surface area contributed by atoms with E-state index in [4.69, 9.17) is 14.2 Å². The molecule has 133 heavy (non-hydrogen) atoms. The van der Waals surface area contributed by atoms with Gasteiger partial charge in [-0.15, -0.1) is 0 Å². The molecule has 0 saturated heterocycles. The summed E-state index contributed by atoms with van der Waals surface area (Å²) in [6, 6.07) is 24.6. The fraction of sp³-hybridized carbons (Fsp3) is 0.377. The molecule has 682 valence electrons. The molecule has 1 aliphatic heterocycles. The van der Waals surface area contributed by atoms with Gasteiger partial charge in [-0.3, -0.25) is 0 Å². The molecule has 0 bridgehead atoms. The Morgan fingerprint density at radius 3 is 1.92 bits per heavy atom. The van der Waals surface area contributed by atoms with Crippen molar-refractivity contribution in [2.75, 3.05) is 0 Å². The van der Waals surface area contributed by atoms with Crippen LogP contribution < -0.4 is 0 Å². The van der Waals surface area contributed by atoms with Gasteiger partial charge >= 0.3 is 0 Å². The lowest BCUT2D eigenvalue weighted by Crippen LogP contribution is -2.44. The van der Waals surface area contributed by atoms with Crippen molar-refractivity contribution in [3.8, 4) is 0 Å². The number of halogens is 6. The summed E-state index contributed by atoms with van der Waals surface area (Å²) in [5.41, 5.74) is 17.2. The fourth-order valence-electron chi connectivity index (χ4n) is 26.3. The van der Waals surface area contributed by atoms with Crippen LogP contribution in [0.3, 0.4) is 0 Å². The molecule has 18 aliphatic rings. The predicted molar refractivity (Wildman–Crippen MR) is 525 cm³/mol. The summed E-state index contributed by atoms with van der Waals surface area (Å²) in [6.45, 7) is 21.9. The van der Waals surface area contributed by atoms with E-state index in [1.807, 2.05) is 34.1 Å². The zero-order chi connectivity index (χ0) is 91.3. The van der Waals surface area contributed by atoms with Gasteiger partial charge in [0.25, 0.3) is 0 Å². The summed E-state index contributed by atoms with van der Waals surface area (Å²) < 4.78 is 121. The third-order valence-corrected chi connectivity index (χ3v) is 33.2. The van der Waals surface area contributed by atoms with Gasteiger partial charge in [0.2, 0.25) is 0 Å². The van der Waals surface area contributed by atoms with E-state index in [-0.39, 0.29) is 123 Å². The van der Waals surface area contributed by atoms with Crippen LogP contribution in [0.1, 0.15) is 203 Å². The predicted octanol–water partition coefficient (Wildman–Crippen LogP) is 31.2. The van der Waals surface area contributed by atoms with Crippen LogP contribution in [0.4, 0.5) is 26.3 Å². The first-order chi connectivity index (χ1) is 64.5. The second-order valence-corrected chi connectivity index (χ2v) is 42.3. The second-order valence-electron chi connectivity index (χ2n) is 42.3. The van der Waals surface area contributed by atoms with Crippen LogP contribution in [0.2, 0.25) is 0 Å². The van der Waals surface area contributed by atoms with Crippen molar-refractivity contribution in [1.29, 1.82) is 0 Å². The molecule has 1 heterocycles. The first-order valence-electron chi connectivity index (χ1n) is 49.4. The SMILES string of the molecule is C=CC1=CC=C(OC2=CCC(C3(C4=CC=C(C(C)(C)C)CC4)c4ccccc4C4C=CC(C5C=CC(N(C6=CC7C8=C(CCC(N(C9=CCC(C%10C=CC%11C%12C=CC=CC%12C(C%12=CCC(OC%13=CC=C(C=C)CC%13)CC%12)(c%12ccc(C(C)(C)C)cc%12)C%11C%10)C=C9)C9=CC(F)C(c%10ccc(F)cc%10)C=C9F)=C8)OC7C=C6)C6=CC(F)=C(C7=CC=C(F)CC7)CC6F)=CC5)CC43)C=C2)CC1. The van der Waals surface area contributed by atoms with Crippen LogP contribution in [0.5, 0.6) is 0 Å². The molecule has 0 amide bonds. The fourth-order valence-corrected chi connectivity index (χ4v) is 26.3. The third-order valence-electron chi connectivity index (χ3n) is 33.2. The molecule has 0 N–H and O–H groups in total. The maximum absolute atomic E-state index is 18.1. The van der Waals surface area contributed by atoms with E-state index in [9.17, 15) is 8.78 Å². The van der Waals surface area contributed by atoms with Gasteiger partial charge in [-0.25, -0.2) is 26.3 Å². The lowest BCUT2D eigenvalue weighted by Gasteiger charge is -2.49. The van der Waals surface area contributed by atoms with Crippen LogP contribution >= 0.6 is 0 Å². The molecule has 1 fully saturated rings. The van der Waals surface area contributed by atoms with E-state index in [2.05, 4.69) is 261 Å². The smallest absolute Gasteiger partial charge is 0.145 e. The highest BCUT2D eigenvalue weighted by molar-refractivity contribution is 5.60. The van der Waals surface area contributed by atoms with Gasteiger partial charge in [0.05, 0.1) is 17.2 Å². The lowest BCUT2D eigenvalue weighted by molar-refractivity contribution is 0.0954.